The third-order valence-corrected chi connectivity index (χ3v) is 10.4. The summed E-state index contributed by atoms with van der Waals surface area (Å²) in [6.45, 7) is 3.63. The topological polar surface area (TPSA) is 95.9 Å². The Bertz CT molecular complexity index is 1340. The van der Waals surface area contributed by atoms with Gasteiger partial charge >= 0.3 is 0 Å². The van der Waals surface area contributed by atoms with Gasteiger partial charge < -0.3 is 14.7 Å². The fourth-order valence-corrected chi connectivity index (χ4v) is 7.44. The van der Waals surface area contributed by atoms with Gasteiger partial charge in [-0.2, -0.15) is 0 Å². The van der Waals surface area contributed by atoms with Gasteiger partial charge in [-0.25, -0.2) is 13.1 Å². The summed E-state index contributed by atoms with van der Waals surface area (Å²) in [5.74, 6) is 0.436. The number of ether oxygens (including phenoxy) is 1. The van der Waals surface area contributed by atoms with E-state index in [2.05, 4.69) is 9.62 Å². The van der Waals surface area contributed by atoms with Crippen molar-refractivity contribution in [1.82, 2.24) is 4.72 Å². The normalized spacial score (nSPS) is 28.1. The van der Waals surface area contributed by atoms with Crippen LogP contribution < -0.4 is 14.4 Å². The van der Waals surface area contributed by atoms with Crippen LogP contribution in [0.15, 0.2) is 48.6 Å². The van der Waals surface area contributed by atoms with E-state index in [1.54, 1.807) is 37.3 Å². The molecule has 5 rings (SSSR count). The molecule has 2 bridgehead atoms. The van der Waals surface area contributed by atoms with Crippen molar-refractivity contribution in [2.24, 2.45) is 11.8 Å². The number of aliphatic hydroxyl groups excluding tert-OH is 1. The predicted molar refractivity (Wildman–Crippen MR) is 154 cm³/mol. The number of hydrogen-bond donors (Lipinski definition) is 2. The van der Waals surface area contributed by atoms with Gasteiger partial charge in [0, 0.05) is 23.7 Å². The number of rotatable bonds is 1. The first-order valence-electron chi connectivity index (χ1n) is 13.9. The Labute approximate surface area is 236 Å². The van der Waals surface area contributed by atoms with Crippen LogP contribution in [0, 0.1) is 11.8 Å². The Morgan fingerprint density at radius 2 is 1.97 bits per heavy atom. The summed E-state index contributed by atoms with van der Waals surface area (Å²) < 4.78 is 34.7. The zero-order valence-corrected chi connectivity index (χ0v) is 23.9. The summed E-state index contributed by atoms with van der Waals surface area (Å²) in [7, 11) is -3.94. The van der Waals surface area contributed by atoms with E-state index in [1.807, 2.05) is 18.2 Å². The first kappa shape index (κ1) is 28.0. The van der Waals surface area contributed by atoms with Crippen LogP contribution in [0.3, 0.4) is 0 Å². The van der Waals surface area contributed by atoms with Gasteiger partial charge in [0.15, 0.2) is 0 Å². The van der Waals surface area contributed by atoms with E-state index in [1.165, 1.54) is 5.56 Å². The number of carbonyl (C=O) groups is 1. The number of halogens is 1. The van der Waals surface area contributed by atoms with Crippen molar-refractivity contribution in [1.29, 1.82) is 0 Å². The smallest absolute Gasteiger partial charge is 0.264 e. The summed E-state index contributed by atoms with van der Waals surface area (Å²) in [6, 6.07) is 11.0. The standard InChI is InChI=1S/C30H37ClN2O5S/c1-2-25-7-5-8-28(34)26-13-10-22(26)18-33-15-4-3-6-20-16-24(31)12-9-23(20)19-38-29-14-11-21(17-27(29)33)30(35)32-39(25,36)37/h5,7,9,11-12,14,16-17,22,25-26,28,34H,2-4,6,8,10,13,15,18-19H2,1H3,(H,32,35)/b7-5+/t22-,25-,26+,28-/m0/s1. The molecular weight excluding hydrogens is 536 g/mol. The molecule has 210 valence electrons. The second-order valence-corrected chi connectivity index (χ2v) is 13.3. The van der Waals surface area contributed by atoms with E-state index in [0.29, 0.717) is 36.1 Å². The summed E-state index contributed by atoms with van der Waals surface area (Å²) in [5, 5.41) is 10.8. The van der Waals surface area contributed by atoms with E-state index >= 15 is 0 Å². The molecule has 9 heteroatoms. The molecule has 0 radical (unpaired) electrons. The average molecular weight is 573 g/mol. The van der Waals surface area contributed by atoms with Gasteiger partial charge in [0.2, 0.25) is 10.0 Å². The number of amides is 1. The lowest BCUT2D eigenvalue weighted by Crippen LogP contribution is -2.43. The number of nitrogens with zero attached hydrogens (tertiary/aromatic N) is 1. The molecule has 0 aromatic heterocycles. The van der Waals surface area contributed by atoms with Crippen LogP contribution in [0.4, 0.5) is 5.69 Å². The van der Waals surface area contributed by atoms with E-state index in [-0.39, 0.29) is 11.5 Å². The Balaban J connectivity index is 1.54. The number of benzene rings is 2. The van der Waals surface area contributed by atoms with Crippen molar-refractivity contribution >= 4 is 33.2 Å². The Hall–Kier alpha value is -2.55. The molecule has 2 heterocycles. The highest BCUT2D eigenvalue weighted by molar-refractivity contribution is 7.90. The molecule has 1 fully saturated rings. The number of hydrogen-bond acceptors (Lipinski definition) is 6. The summed E-state index contributed by atoms with van der Waals surface area (Å²) in [5.41, 5.74) is 3.30. The molecule has 0 spiro atoms. The van der Waals surface area contributed by atoms with Gasteiger partial charge in [-0.1, -0.05) is 36.7 Å². The minimum Gasteiger partial charge on any atom is -0.487 e. The van der Waals surface area contributed by atoms with Crippen molar-refractivity contribution in [3.8, 4) is 5.75 Å². The molecule has 0 unspecified atom stereocenters. The average Bonchev–Trinajstić information content (AvgIpc) is 2.91. The van der Waals surface area contributed by atoms with Crippen molar-refractivity contribution in [3.05, 3.63) is 70.3 Å². The number of aliphatic hydroxyl groups is 1. The van der Waals surface area contributed by atoms with Crippen LogP contribution in [0.1, 0.15) is 66.9 Å². The van der Waals surface area contributed by atoms with Gasteiger partial charge in [0.1, 0.15) is 12.4 Å². The highest BCUT2D eigenvalue weighted by Gasteiger charge is 2.37. The summed E-state index contributed by atoms with van der Waals surface area (Å²) in [4.78, 5) is 15.5. The number of carbonyl (C=O) groups excluding carboxylic acids is 1. The van der Waals surface area contributed by atoms with Crippen LogP contribution in [0.5, 0.6) is 5.75 Å². The van der Waals surface area contributed by atoms with Gasteiger partial charge in [-0.05, 0) is 98.2 Å². The highest BCUT2D eigenvalue weighted by Crippen LogP contribution is 2.41. The quantitative estimate of drug-likeness (QED) is 0.453. The SMILES string of the molecule is CC[C@H]1/C=C/C[C@H](O)[C@@H]2CC[C@H]2CN2CCCCc3cc(Cl)ccc3COc3ccc(cc32)C(=O)NS1(=O)=O. The van der Waals surface area contributed by atoms with Crippen LogP contribution in [0.2, 0.25) is 5.02 Å². The van der Waals surface area contributed by atoms with Crippen LogP contribution >= 0.6 is 11.6 Å². The molecular formula is C30H37ClN2O5S. The lowest BCUT2D eigenvalue weighted by atomic mass is 9.69. The monoisotopic (exact) mass is 572 g/mol. The molecule has 4 atom stereocenters. The largest absolute Gasteiger partial charge is 0.487 e. The van der Waals surface area contributed by atoms with Crippen molar-refractivity contribution in [2.45, 2.75) is 69.8 Å². The number of sulfonamides is 1. The number of aryl methyl sites for hydroxylation is 1. The third-order valence-electron chi connectivity index (χ3n) is 8.43. The highest BCUT2D eigenvalue weighted by atomic mass is 35.5. The fraction of sp³-hybridized carbons (Fsp3) is 0.500. The van der Waals surface area contributed by atoms with Crippen molar-refractivity contribution in [3.63, 3.8) is 0 Å². The minimum atomic E-state index is -3.94. The first-order valence-corrected chi connectivity index (χ1v) is 15.9. The summed E-state index contributed by atoms with van der Waals surface area (Å²) in [6.07, 6.45) is 8.29. The molecule has 7 nitrogen and oxygen atoms in total. The van der Waals surface area contributed by atoms with E-state index < -0.39 is 27.3 Å². The number of anilines is 1. The van der Waals surface area contributed by atoms with Gasteiger partial charge in [-0.15, -0.1) is 0 Å². The zero-order chi connectivity index (χ0) is 27.6. The first-order chi connectivity index (χ1) is 18.7. The van der Waals surface area contributed by atoms with Crippen LogP contribution in [-0.2, 0) is 23.1 Å². The fourth-order valence-electron chi connectivity index (χ4n) is 5.96. The number of nitrogens with one attached hydrogen (secondary N) is 1. The van der Waals surface area contributed by atoms with Gasteiger partial charge in [-0.3, -0.25) is 4.79 Å². The summed E-state index contributed by atoms with van der Waals surface area (Å²) >= 11 is 6.28. The van der Waals surface area contributed by atoms with Crippen LogP contribution in [0.25, 0.3) is 0 Å². The molecule has 1 amide bonds. The van der Waals surface area contributed by atoms with E-state index in [0.717, 1.165) is 56.4 Å². The van der Waals surface area contributed by atoms with E-state index in [4.69, 9.17) is 16.3 Å². The van der Waals surface area contributed by atoms with Crippen LogP contribution in [-0.4, -0.2) is 43.9 Å². The Kier molecular flexibility index (Phi) is 8.55. The van der Waals surface area contributed by atoms with Crippen molar-refractivity contribution in [2.75, 3.05) is 18.0 Å². The molecule has 3 aliphatic rings. The number of fused-ring (bicyclic) bond motifs is 3. The molecule has 2 aliphatic heterocycles. The van der Waals surface area contributed by atoms with E-state index in [9.17, 15) is 18.3 Å². The Morgan fingerprint density at radius 1 is 1.13 bits per heavy atom. The van der Waals surface area contributed by atoms with Gasteiger partial charge in [0.25, 0.3) is 5.91 Å². The molecule has 1 saturated carbocycles. The maximum atomic E-state index is 13.2. The Morgan fingerprint density at radius 3 is 2.74 bits per heavy atom. The minimum absolute atomic E-state index is 0.147. The van der Waals surface area contributed by atoms with Crippen molar-refractivity contribution < 1.29 is 23.1 Å². The second kappa shape index (κ2) is 11.9. The zero-order valence-electron chi connectivity index (χ0n) is 22.3. The molecule has 39 heavy (non-hydrogen) atoms. The molecule has 2 aromatic carbocycles. The molecule has 2 N–H and O–H groups in total. The third kappa shape index (κ3) is 6.28. The lowest BCUT2D eigenvalue weighted by molar-refractivity contribution is 0.0180. The second-order valence-electron chi connectivity index (χ2n) is 10.9. The molecule has 1 aliphatic carbocycles. The maximum Gasteiger partial charge on any atom is 0.264 e. The molecule has 2 aromatic rings. The maximum absolute atomic E-state index is 13.2. The van der Waals surface area contributed by atoms with Gasteiger partial charge in [0.05, 0.1) is 17.0 Å². The molecule has 0 saturated heterocycles. The predicted octanol–water partition coefficient (Wildman–Crippen LogP) is 5.25. The lowest BCUT2D eigenvalue weighted by Gasteiger charge is -2.43.